The molecular weight excluding hydrogens is 265 g/mol. The maximum absolute atomic E-state index is 14.0. The fraction of sp³-hybridized carbons (Fsp3) is 0.286. The summed E-state index contributed by atoms with van der Waals surface area (Å²) in [6.45, 7) is 6.54. The van der Waals surface area contributed by atoms with Crippen molar-refractivity contribution in [3.05, 3.63) is 40.3 Å². The van der Waals surface area contributed by atoms with Crippen molar-refractivity contribution in [3.8, 4) is 11.4 Å². The van der Waals surface area contributed by atoms with Crippen LogP contribution in [0.4, 0.5) is 10.2 Å². The van der Waals surface area contributed by atoms with E-state index in [-0.39, 0.29) is 5.02 Å². The van der Waals surface area contributed by atoms with Crippen LogP contribution in [0.2, 0.25) is 5.02 Å². The van der Waals surface area contributed by atoms with Gasteiger partial charge in [-0.15, -0.1) is 0 Å². The third kappa shape index (κ3) is 2.68. The van der Waals surface area contributed by atoms with Gasteiger partial charge in [0, 0.05) is 17.8 Å². The minimum absolute atomic E-state index is 0.0735. The lowest BCUT2D eigenvalue weighted by atomic mass is 10.1. The van der Waals surface area contributed by atoms with E-state index in [1.807, 2.05) is 20.8 Å². The average Bonchev–Trinajstić information content (AvgIpc) is 2.38. The first-order chi connectivity index (χ1) is 9.04. The number of nitrogens with one attached hydrogen (secondary N) is 1. The van der Waals surface area contributed by atoms with Gasteiger partial charge in [-0.3, -0.25) is 0 Å². The number of aryl methyl sites for hydroxylation is 1. The van der Waals surface area contributed by atoms with Gasteiger partial charge in [0.05, 0.1) is 10.6 Å². The minimum atomic E-state index is -0.491. The Morgan fingerprint density at radius 3 is 2.68 bits per heavy atom. The standard InChI is InChI=1S/C14H15ClFN3/c1-4-17-13-8(2)9(3)18-14(19-13)10-6-5-7-11(15)12(10)16/h5-7H,4H2,1-3H3,(H,17,18,19). The number of rotatable bonds is 3. The second-order valence-corrected chi connectivity index (χ2v) is 4.65. The van der Waals surface area contributed by atoms with Gasteiger partial charge < -0.3 is 5.32 Å². The summed E-state index contributed by atoms with van der Waals surface area (Å²) in [4.78, 5) is 8.71. The smallest absolute Gasteiger partial charge is 0.164 e. The molecule has 0 radical (unpaired) electrons. The van der Waals surface area contributed by atoms with E-state index in [4.69, 9.17) is 11.6 Å². The first-order valence-electron chi connectivity index (χ1n) is 6.08. The van der Waals surface area contributed by atoms with Crippen LogP contribution in [0.1, 0.15) is 18.2 Å². The molecule has 2 rings (SSSR count). The molecule has 0 amide bonds. The number of hydrogen-bond donors (Lipinski definition) is 1. The number of anilines is 1. The van der Waals surface area contributed by atoms with Crippen molar-refractivity contribution in [3.63, 3.8) is 0 Å². The Morgan fingerprint density at radius 1 is 1.26 bits per heavy atom. The van der Waals surface area contributed by atoms with Crippen molar-refractivity contribution >= 4 is 17.4 Å². The first kappa shape index (κ1) is 13.7. The summed E-state index contributed by atoms with van der Waals surface area (Å²) in [5.74, 6) is 0.582. The van der Waals surface area contributed by atoms with Crippen LogP contribution < -0.4 is 5.32 Å². The van der Waals surface area contributed by atoms with Crippen LogP contribution in [0.25, 0.3) is 11.4 Å². The lowest BCUT2D eigenvalue weighted by Gasteiger charge is -2.11. The summed E-state index contributed by atoms with van der Waals surface area (Å²) in [7, 11) is 0. The Morgan fingerprint density at radius 2 is 2.00 bits per heavy atom. The van der Waals surface area contributed by atoms with Crippen molar-refractivity contribution in [2.24, 2.45) is 0 Å². The molecule has 0 saturated heterocycles. The summed E-state index contributed by atoms with van der Waals surface area (Å²) in [5.41, 5.74) is 2.10. The highest BCUT2D eigenvalue weighted by molar-refractivity contribution is 6.31. The molecule has 0 fully saturated rings. The topological polar surface area (TPSA) is 37.8 Å². The molecule has 0 bridgehead atoms. The van der Waals surface area contributed by atoms with E-state index < -0.39 is 5.82 Å². The van der Waals surface area contributed by atoms with Crippen LogP contribution in [0.3, 0.4) is 0 Å². The summed E-state index contributed by atoms with van der Waals surface area (Å²) < 4.78 is 14.0. The van der Waals surface area contributed by atoms with Crippen LogP contribution in [0.15, 0.2) is 18.2 Å². The van der Waals surface area contributed by atoms with Gasteiger partial charge in [-0.1, -0.05) is 17.7 Å². The van der Waals surface area contributed by atoms with Crippen LogP contribution in [0, 0.1) is 19.7 Å². The third-order valence-corrected chi connectivity index (χ3v) is 3.22. The van der Waals surface area contributed by atoms with Gasteiger partial charge in [0.15, 0.2) is 11.6 Å². The van der Waals surface area contributed by atoms with Gasteiger partial charge in [0.25, 0.3) is 0 Å². The van der Waals surface area contributed by atoms with E-state index in [0.29, 0.717) is 11.4 Å². The molecule has 1 N–H and O–H groups in total. The van der Waals surface area contributed by atoms with Crippen molar-refractivity contribution in [2.45, 2.75) is 20.8 Å². The Hall–Kier alpha value is -1.68. The van der Waals surface area contributed by atoms with E-state index in [2.05, 4.69) is 15.3 Å². The average molecular weight is 280 g/mol. The molecule has 0 aliphatic rings. The number of aromatic nitrogens is 2. The lowest BCUT2D eigenvalue weighted by molar-refractivity contribution is 0.630. The molecule has 1 aromatic heterocycles. The van der Waals surface area contributed by atoms with E-state index >= 15 is 0 Å². The van der Waals surface area contributed by atoms with Crippen molar-refractivity contribution in [1.29, 1.82) is 0 Å². The monoisotopic (exact) mass is 279 g/mol. The van der Waals surface area contributed by atoms with Crippen LogP contribution in [-0.4, -0.2) is 16.5 Å². The Labute approximate surface area is 116 Å². The van der Waals surface area contributed by atoms with Gasteiger partial charge in [-0.2, -0.15) is 0 Å². The summed E-state index contributed by atoms with van der Waals surface area (Å²) >= 11 is 5.79. The summed E-state index contributed by atoms with van der Waals surface area (Å²) in [5, 5.41) is 3.23. The molecule has 0 aliphatic carbocycles. The molecule has 3 nitrogen and oxygen atoms in total. The predicted octanol–water partition coefficient (Wildman–Crippen LogP) is 3.98. The van der Waals surface area contributed by atoms with Gasteiger partial charge >= 0.3 is 0 Å². The number of nitrogens with zero attached hydrogens (tertiary/aromatic N) is 2. The molecule has 0 unspecified atom stereocenters. The Bertz CT molecular complexity index is 614. The van der Waals surface area contributed by atoms with Gasteiger partial charge in [0.2, 0.25) is 0 Å². The summed E-state index contributed by atoms with van der Waals surface area (Å²) in [6.07, 6.45) is 0. The van der Waals surface area contributed by atoms with Crippen LogP contribution in [0.5, 0.6) is 0 Å². The highest BCUT2D eigenvalue weighted by Crippen LogP contribution is 2.27. The van der Waals surface area contributed by atoms with Crippen molar-refractivity contribution in [1.82, 2.24) is 9.97 Å². The Balaban J connectivity index is 2.59. The zero-order valence-corrected chi connectivity index (χ0v) is 11.8. The molecule has 100 valence electrons. The first-order valence-corrected chi connectivity index (χ1v) is 6.46. The lowest BCUT2D eigenvalue weighted by Crippen LogP contribution is -2.06. The largest absolute Gasteiger partial charge is 0.370 e. The van der Waals surface area contributed by atoms with Gasteiger partial charge in [0.1, 0.15) is 5.82 Å². The van der Waals surface area contributed by atoms with E-state index in [1.165, 1.54) is 6.07 Å². The zero-order valence-electron chi connectivity index (χ0n) is 11.1. The predicted molar refractivity (Wildman–Crippen MR) is 76.1 cm³/mol. The molecule has 0 saturated carbocycles. The van der Waals surface area contributed by atoms with E-state index in [9.17, 15) is 4.39 Å². The number of hydrogen-bond acceptors (Lipinski definition) is 3. The quantitative estimate of drug-likeness (QED) is 0.923. The number of halogens is 2. The third-order valence-electron chi connectivity index (χ3n) is 2.93. The Kier molecular flexibility index (Phi) is 4.00. The maximum Gasteiger partial charge on any atom is 0.164 e. The molecule has 19 heavy (non-hydrogen) atoms. The molecule has 0 spiro atoms. The normalized spacial score (nSPS) is 10.6. The van der Waals surface area contributed by atoms with Gasteiger partial charge in [-0.05, 0) is 32.9 Å². The van der Waals surface area contributed by atoms with Crippen molar-refractivity contribution < 1.29 is 4.39 Å². The molecular formula is C14H15ClFN3. The summed E-state index contributed by atoms with van der Waals surface area (Å²) in [6, 6.07) is 4.82. The van der Waals surface area contributed by atoms with Crippen LogP contribution >= 0.6 is 11.6 Å². The molecule has 2 aromatic rings. The van der Waals surface area contributed by atoms with Crippen LogP contribution in [-0.2, 0) is 0 Å². The molecule has 0 aliphatic heterocycles. The molecule has 5 heteroatoms. The molecule has 0 atom stereocenters. The fourth-order valence-corrected chi connectivity index (χ4v) is 1.94. The zero-order chi connectivity index (χ0) is 14.0. The van der Waals surface area contributed by atoms with E-state index in [0.717, 1.165) is 23.6 Å². The minimum Gasteiger partial charge on any atom is -0.370 e. The number of benzene rings is 1. The maximum atomic E-state index is 14.0. The molecule has 1 aromatic carbocycles. The molecule has 1 heterocycles. The van der Waals surface area contributed by atoms with Gasteiger partial charge in [-0.25, -0.2) is 14.4 Å². The highest BCUT2D eigenvalue weighted by Gasteiger charge is 2.14. The highest BCUT2D eigenvalue weighted by atomic mass is 35.5. The second-order valence-electron chi connectivity index (χ2n) is 4.24. The fourth-order valence-electron chi connectivity index (χ4n) is 1.77. The van der Waals surface area contributed by atoms with Crippen molar-refractivity contribution in [2.75, 3.05) is 11.9 Å². The van der Waals surface area contributed by atoms with E-state index in [1.54, 1.807) is 12.1 Å². The SMILES string of the molecule is CCNc1nc(-c2cccc(Cl)c2F)nc(C)c1C. The second kappa shape index (κ2) is 5.53.